The van der Waals surface area contributed by atoms with Gasteiger partial charge < -0.3 is 4.42 Å². The monoisotopic (exact) mass is 265 g/mol. The zero-order valence-electron chi connectivity index (χ0n) is 7.90. The van der Waals surface area contributed by atoms with E-state index in [0.29, 0.717) is 0 Å². The van der Waals surface area contributed by atoms with E-state index in [1.165, 1.54) is 7.05 Å². The number of hydrogen-bond acceptors (Lipinski definition) is 4. The molecule has 0 N–H and O–H groups in total. The fraction of sp³-hybridized carbons (Fsp3) is 0.125. The lowest BCUT2D eigenvalue weighted by Gasteiger charge is -1.98. The van der Waals surface area contributed by atoms with Crippen molar-refractivity contribution in [2.45, 2.75) is 4.90 Å². The van der Waals surface area contributed by atoms with Gasteiger partial charge in [0, 0.05) is 17.7 Å². The summed E-state index contributed by atoms with van der Waals surface area (Å²) in [5, 5.41) is 0. The van der Waals surface area contributed by atoms with Crippen molar-refractivity contribution < 1.29 is 17.2 Å². The van der Waals surface area contributed by atoms with Gasteiger partial charge in [0.05, 0.1) is 0 Å². The Hall–Kier alpha value is -1.34. The van der Waals surface area contributed by atoms with E-state index >= 15 is 0 Å². The molecule has 1 heterocycles. The smallest absolute Gasteiger partial charge is 0.406 e. The Bertz CT molecular complexity index is 730. The first-order valence-corrected chi connectivity index (χ1v) is 6.36. The van der Waals surface area contributed by atoms with Crippen LogP contribution in [-0.2, 0) is 16.1 Å². The van der Waals surface area contributed by atoms with Gasteiger partial charge in [-0.25, -0.2) is 17.6 Å². The van der Waals surface area contributed by atoms with Gasteiger partial charge >= 0.3 is 5.76 Å². The Morgan fingerprint density at radius 3 is 2.62 bits per heavy atom. The predicted octanol–water partition coefficient (Wildman–Crippen LogP) is 1.20. The molecule has 16 heavy (non-hydrogen) atoms. The van der Waals surface area contributed by atoms with E-state index < -0.39 is 25.5 Å². The maximum absolute atomic E-state index is 13.4. The van der Waals surface area contributed by atoms with Gasteiger partial charge in [0.1, 0.15) is 10.4 Å². The summed E-state index contributed by atoms with van der Waals surface area (Å²) < 4.78 is 41.2. The van der Waals surface area contributed by atoms with E-state index in [2.05, 4.69) is 4.42 Å². The highest BCUT2D eigenvalue weighted by molar-refractivity contribution is 8.13. The Morgan fingerprint density at radius 2 is 2.06 bits per heavy atom. The summed E-state index contributed by atoms with van der Waals surface area (Å²) >= 11 is 0. The van der Waals surface area contributed by atoms with Gasteiger partial charge in [0.25, 0.3) is 9.05 Å². The van der Waals surface area contributed by atoms with Crippen LogP contribution in [0.4, 0.5) is 4.39 Å². The number of benzene rings is 1. The van der Waals surface area contributed by atoms with E-state index in [0.717, 1.165) is 16.7 Å². The molecule has 0 aliphatic carbocycles. The summed E-state index contributed by atoms with van der Waals surface area (Å²) in [5.41, 5.74) is -0.603. The summed E-state index contributed by atoms with van der Waals surface area (Å²) in [6.07, 6.45) is 0. The predicted molar refractivity (Wildman–Crippen MR) is 54.5 cm³/mol. The van der Waals surface area contributed by atoms with Crippen molar-refractivity contribution in [3.8, 4) is 0 Å². The quantitative estimate of drug-likeness (QED) is 0.727. The zero-order chi connectivity index (χ0) is 12.1. The minimum atomic E-state index is -4.09. The number of fused-ring (bicyclic) bond motifs is 1. The number of hydrogen-bond donors (Lipinski definition) is 0. The molecule has 8 heteroatoms. The van der Waals surface area contributed by atoms with Gasteiger partial charge in [-0.15, -0.1) is 0 Å². The van der Waals surface area contributed by atoms with Gasteiger partial charge in [0.2, 0.25) is 0 Å². The third-order valence-corrected chi connectivity index (χ3v) is 3.45. The van der Waals surface area contributed by atoms with Crippen molar-refractivity contribution in [3.63, 3.8) is 0 Å². The van der Waals surface area contributed by atoms with Crippen molar-refractivity contribution in [1.82, 2.24) is 4.57 Å². The van der Waals surface area contributed by atoms with Gasteiger partial charge in [-0.3, -0.25) is 4.57 Å². The molecule has 0 atom stereocenters. The van der Waals surface area contributed by atoms with Crippen LogP contribution in [0, 0.1) is 5.82 Å². The normalized spacial score (nSPS) is 12.2. The van der Waals surface area contributed by atoms with Crippen LogP contribution in [0.3, 0.4) is 0 Å². The number of oxazole rings is 1. The highest BCUT2D eigenvalue weighted by Crippen LogP contribution is 2.26. The second-order valence-electron chi connectivity index (χ2n) is 3.09. The largest absolute Gasteiger partial charge is 0.419 e. The lowest BCUT2D eigenvalue weighted by molar-refractivity contribution is 0.522. The highest BCUT2D eigenvalue weighted by Gasteiger charge is 2.22. The Morgan fingerprint density at radius 1 is 1.44 bits per heavy atom. The van der Waals surface area contributed by atoms with E-state index in [9.17, 15) is 17.6 Å². The fourth-order valence-electron chi connectivity index (χ4n) is 1.38. The summed E-state index contributed by atoms with van der Waals surface area (Å²) in [7, 11) is 2.31. The molecule has 5 nitrogen and oxygen atoms in total. The number of aromatic nitrogens is 1. The number of halogens is 2. The average Bonchev–Trinajstić information content (AvgIpc) is 2.42. The first-order chi connectivity index (χ1) is 7.32. The third-order valence-electron chi connectivity index (χ3n) is 2.11. The molecule has 0 fully saturated rings. The van der Waals surface area contributed by atoms with Gasteiger partial charge in [0.15, 0.2) is 11.4 Å². The fourth-order valence-corrected chi connectivity index (χ4v) is 2.33. The first kappa shape index (κ1) is 11.2. The molecular weight excluding hydrogens is 261 g/mol. The molecule has 1 aromatic carbocycles. The Kier molecular flexibility index (Phi) is 2.32. The van der Waals surface area contributed by atoms with Crippen molar-refractivity contribution in [3.05, 3.63) is 28.5 Å². The SMILES string of the molecule is Cn1c(=O)oc2c(S(=O)(=O)Cl)ccc(F)c21. The molecule has 0 saturated carbocycles. The van der Waals surface area contributed by atoms with Crippen LogP contribution in [0.1, 0.15) is 0 Å². The molecule has 0 unspecified atom stereocenters. The van der Waals surface area contributed by atoms with Crippen molar-refractivity contribution >= 4 is 30.8 Å². The van der Waals surface area contributed by atoms with Gasteiger partial charge in [-0.1, -0.05) is 0 Å². The van der Waals surface area contributed by atoms with Gasteiger partial charge in [-0.05, 0) is 12.1 Å². The van der Waals surface area contributed by atoms with Crippen LogP contribution in [0.15, 0.2) is 26.2 Å². The Labute approximate surface area is 93.5 Å². The Balaban J connectivity index is 3.08. The lowest BCUT2D eigenvalue weighted by atomic mass is 10.3. The molecule has 0 amide bonds. The van der Waals surface area contributed by atoms with Crippen molar-refractivity contribution in [2.24, 2.45) is 7.05 Å². The number of aryl methyl sites for hydroxylation is 1. The van der Waals surface area contributed by atoms with E-state index in [4.69, 9.17) is 10.7 Å². The third kappa shape index (κ3) is 1.52. The summed E-state index contributed by atoms with van der Waals surface area (Å²) in [4.78, 5) is 10.7. The molecule has 0 bridgehead atoms. The second-order valence-corrected chi connectivity index (χ2v) is 5.62. The number of rotatable bonds is 1. The van der Waals surface area contributed by atoms with Crippen LogP contribution >= 0.6 is 10.7 Å². The summed E-state index contributed by atoms with van der Waals surface area (Å²) in [6.45, 7) is 0. The maximum atomic E-state index is 13.4. The van der Waals surface area contributed by atoms with Crippen LogP contribution in [0.25, 0.3) is 11.1 Å². The van der Waals surface area contributed by atoms with Crippen LogP contribution in [-0.4, -0.2) is 13.0 Å². The molecule has 0 aliphatic heterocycles. The van der Waals surface area contributed by atoms with E-state index in [1.807, 2.05) is 0 Å². The van der Waals surface area contributed by atoms with Crippen LogP contribution < -0.4 is 5.76 Å². The molecule has 0 aliphatic rings. The van der Waals surface area contributed by atoms with E-state index in [-0.39, 0.29) is 11.1 Å². The standard InChI is InChI=1S/C8H5ClFNO4S/c1-11-6-4(10)2-3-5(16(9,13)14)7(6)15-8(11)12/h2-3H,1H3. The minimum Gasteiger partial charge on any atom is -0.406 e. The van der Waals surface area contributed by atoms with Gasteiger partial charge in [-0.2, -0.15) is 0 Å². The summed E-state index contributed by atoms with van der Waals surface area (Å²) in [6, 6.07) is 1.86. The van der Waals surface area contributed by atoms with Crippen LogP contribution in [0.2, 0.25) is 0 Å². The molecule has 0 spiro atoms. The molecule has 0 saturated heterocycles. The first-order valence-electron chi connectivity index (χ1n) is 4.05. The molecule has 1 aromatic heterocycles. The minimum absolute atomic E-state index is 0.230. The lowest BCUT2D eigenvalue weighted by Crippen LogP contribution is -2.09. The molecule has 2 rings (SSSR count). The van der Waals surface area contributed by atoms with Crippen LogP contribution in [0.5, 0.6) is 0 Å². The summed E-state index contributed by atoms with van der Waals surface area (Å²) in [5.74, 6) is -1.62. The molecule has 86 valence electrons. The molecule has 2 aromatic rings. The molecular formula is C8H5ClFNO4S. The van der Waals surface area contributed by atoms with Crippen molar-refractivity contribution in [2.75, 3.05) is 0 Å². The highest BCUT2D eigenvalue weighted by atomic mass is 35.7. The van der Waals surface area contributed by atoms with Crippen molar-refractivity contribution in [1.29, 1.82) is 0 Å². The second kappa shape index (κ2) is 3.33. The maximum Gasteiger partial charge on any atom is 0.419 e. The number of nitrogens with zero attached hydrogens (tertiary/aromatic N) is 1. The average molecular weight is 266 g/mol. The topological polar surface area (TPSA) is 69.3 Å². The zero-order valence-corrected chi connectivity index (χ0v) is 9.47. The van der Waals surface area contributed by atoms with E-state index in [1.54, 1.807) is 0 Å². The molecule has 0 radical (unpaired) electrons.